The summed E-state index contributed by atoms with van der Waals surface area (Å²) in [5.41, 5.74) is 1.35. The van der Waals surface area contributed by atoms with Crippen molar-refractivity contribution in [2.75, 3.05) is 31.1 Å². The van der Waals surface area contributed by atoms with E-state index in [1.54, 1.807) is 12.1 Å². The number of H-pyrrole nitrogens is 1. The van der Waals surface area contributed by atoms with Crippen LogP contribution in [0.5, 0.6) is 0 Å². The van der Waals surface area contributed by atoms with Crippen molar-refractivity contribution in [2.45, 2.75) is 25.4 Å². The second kappa shape index (κ2) is 8.16. The fraction of sp³-hybridized carbons (Fsp3) is 0.320. The topological polar surface area (TPSA) is 94.5 Å². The molecule has 35 heavy (non-hydrogen) atoms. The van der Waals surface area contributed by atoms with E-state index in [1.165, 1.54) is 24.4 Å². The highest BCUT2D eigenvalue weighted by atomic mass is 19.1. The summed E-state index contributed by atoms with van der Waals surface area (Å²) in [5, 5.41) is 9.52. The van der Waals surface area contributed by atoms with Gasteiger partial charge in [-0.15, -0.1) is 0 Å². The summed E-state index contributed by atoms with van der Waals surface area (Å²) in [5.74, 6) is -1.41. The Labute approximate surface area is 198 Å². The van der Waals surface area contributed by atoms with Gasteiger partial charge in [0.15, 0.2) is 0 Å². The minimum Gasteiger partial charge on any atom is -0.477 e. The fourth-order valence-electron chi connectivity index (χ4n) is 4.88. The molecule has 0 unspecified atom stereocenters. The second-order valence-electron chi connectivity index (χ2n) is 9.24. The maximum Gasteiger partial charge on any atom is 0.341 e. The zero-order chi connectivity index (χ0) is 24.3. The van der Waals surface area contributed by atoms with Crippen LogP contribution in [0, 0.1) is 11.6 Å². The Balaban J connectivity index is 1.24. The number of imidazole rings is 1. The highest BCUT2D eigenvalue weighted by Crippen LogP contribution is 2.38. The number of rotatable bonds is 5. The number of anilines is 1. The summed E-state index contributed by atoms with van der Waals surface area (Å²) in [6.07, 6.45) is 3.19. The Morgan fingerprint density at radius 2 is 1.89 bits per heavy atom. The van der Waals surface area contributed by atoms with E-state index in [-0.39, 0.29) is 22.8 Å². The van der Waals surface area contributed by atoms with Gasteiger partial charge in [0.1, 0.15) is 23.0 Å². The van der Waals surface area contributed by atoms with Crippen LogP contribution in [-0.4, -0.2) is 56.7 Å². The molecule has 2 aromatic heterocycles. The van der Waals surface area contributed by atoms with E-state index in [0.717, 1.165) is 18.7 Å². The molecule has 1 aliphatic carbocycles. The number of carbonyl (C=O) groups is 1. The summed E-state index contributed by atoms with van der Waals surface area (Å²) in [6, 6.07) is 7.44. The Hall–Kier alpha value is -3.79. The molecular formula is C25H23F2N5O3. The number of carboxylic acid groups (broad SMARTS) is 1. The average Bonchev–Trinajstić information content (AvgIpc) is 3.60. The summed E-state index contributed by atoms with van der Waals surface area (Å²) >= 11 is 0. The van der Waals surface area contributed by atoms with Gasteiger partial charge in [-0.2, -0.15) is 0 Å². The summed E-state index contributed by atoms with van der Waals surface area (Å²) in [6.45, 7) is 3.09. The Kier molecular flexibility index (Phi) is 5.06. The lowest BCUT2D eigenvalue weighted by Gasteiger charge is -2.36. The van der Waals surface area contributed by atoms with Crippen molar-refractivity contribution in [1.29, 1.82) is 0 Å². The quantitative estimate of drug-likeness (QED) is 0.455. The van der Waals surface area contributed by atoms with Gasteiger partial charge in [0.25, 0.3) is 0 Å². The molecule has 2 aromatic carbocycles. The number of aromatic amines is 1. The van der Waals surface area contributed by atoms with Gasteiger partial charge in [-0.1, -0.05) is 0 Å². The molecule has 2 fully saturated rings. The Bertz CT molecular complexity index is 1530. The number of carboxylic acids is 1. The maximum atomic E-state index is 15.2. The van der Waals surface area contributed by atoms with E-state index in [9.17, 15) is 19.1 Å². The molecule has 0 radical (unpaired) electrons. The van der Waals surface area contributed by atoms with Crippen molar-refractivity contribution in [1.82, 2.24) is 19.4 Å². The molecule has 4 aromatic rings. The van der Waals surface area contributed by atoms with Gasteiger partial charge in [-0.25, -0.2) is 18.6 Å². The van der Waals surface area contributed by atoms with Crippen molar-refractivity contribution in [3.8, 4) is 0 Å². The minimum absolute atomic E-state index is 0.0954. The third kappa shape index (κ3) is 3.93. The molecule has 1 saturated heterocycles. The van der Waals surface area contributed by atoms with Gasteiger partial charge < -0.3 is 19.6 Å². The number of benzene rings is 2. The molecule has 0 spiro atoms. The van der Waals surface area contributed by atoms with Crippen molar-refractivity contribution in [3.63, 3.8) is 0 Å². The number of nitrogens with zero attached hydrogens (tertiary/aromatic N) is 4. The van der Waals surface area contributed by atoms with E-state index in [1.807, 2.05) is 9.47 Å². The predicted molar refractivity (Wildman–Crippen MR) is 127 cm³/mol. The molecule has 0 atom stereocenters. The lowest BCUT2D eigenvalue weighted by atomic mass is 10.1. The van der Waals surface area contributed by atoms with Crippen molar-refractivity contribution in [3.05, 3.63) is 69.8 Å². The molecule has 3 heterocycles. The summed E-state index contributed by atoms with van der Waals surface area (Å²) in [4.78, 5) is 36.1. The number of halogens is 2. The van der Waals surface area contributed by atoms with E-state index in [2.05, 4.69) is 14.9 Å². The number of pyridine rings is 1. The number of aromatic carboxylic acids is 1. The third-order valence-corrected chi connectivity index (χ3v) is 6.85. The number of hydrogen-bond donors (Lipinski definition) is 2. The van der Waals surface area contributed by atoms with E-state index >= 15 is 4.39 Å². The fourth-order valence-corrected chi connectivity index (χ4v) is 4.88. The van der Waals surface area contributed by atoms with E-state index in [4.69, 9.17) is 0 Å². The van der Waals surface area contributed by atoms with Crippen LogP contribution in [0.2, 0.25) is 0 Å². The Morgan fingerprint density at radius 1 is 1.11 bits per heavy atom. The molecule has 6 rings (SSSR count). The number of hydrogen-bond acceptors (Lipinski definition) is 5. The molecule has 1 aliphatic heterocycles. The zero-order valence-corrected chi connectivity index (χ0v) is 18.8. The number of aromatic nitrogens is 3. The largest absolute Gasteiger partial charge is 0.477 e. The Morgan fingerprint density at radius 3 is 2.60 bits per heavy atom. The second-order valence-corrected chi connectivity index (χ2v) is 9.24. The van der Waals surface area contributed by atoms with Crippen molar-refractivity contribution in [2.24, 2.45) is 0 Å². The first-order chi connectivity index (χ1) is 16.9. The lowest BCUT2D eigenvalue weighted by Crippen LogP contribution is -2.46. The monoisotopic (exact) mass is 479 g/mol. The molecule has 0 amide bonds. The minimum atomic E-state index is -1.30. The first kappa shape index (κ1) is 21.7. The first-order valence-corrected chi connectivity index (χ1v) is 11.6. The van der Waals surface area contributed by atoms with Crippen LogP contribution in [0.15, 0.2) is 41.3 Å². The summed E-state index contributed by atoms with van der Waals surface area (Å²) in [7, 11) is 0. The van der Waals surface area contributed by atoms with Crippen LogP contribution in [0.4, 0.5) is 14.5 Å². The van der Waals surface area contributed by atoms with Gasteiger partial charge >= 0.3 is 5.97 Å². The molecule has 2 N–H and O–H groups in total. The molecule has 1 saturated carbocycles. The highest BCUT2D eigenvalue weighted by Gasteiger charge is 2.28. The molecule has 8 nitrogen and oxygen atoms in total. The van der Waals surface area contributed by atoms with Gasteiger partial charge in [0.05, 0.1) is 28.8 Å². The zero-order valence-electron chi connectivity index (χ0n) is 18.8. The summed E-state index contributed by atoms with van der Waals surface area (Å²) < 4.78 is 30.4. The van der Waals surface area contributed by atoms with Crippen LogP contribution in [0.1, 0.15) is 35.1 Å². The SMILES string of the molecule is O=C(O)c1cn(C2CC2)c2cc(N3CCN(Cc4nc5ccc(F)cc5[nH]4)CC3)c(F)cc2c1=O. The first-order valence-electron chi connectivity index (χ1n) is 11.6. The number of nitrogens with one attached hydrogen (secondary N) is 1. The average molecular weight is 479 g/mol. The normalized spacial score (nSPS) is 16.9. The standard InChI is InChI=1S/C25H23F2N5O3/c26-14-1-4-19-20(9-14)29-23(28-19)13-30-5-7-31(8-6-30)22-11-21-16(10-18(22)27)24(33)17(25(34)35)12-32(21)15-2-3-15/h1,4,9-12,15H,2-3,5-8,13H2,(H,28,29)(H,34,35). The third-order valence-electron chi connectivity index (χ3n) is 6.85. The smallest absolute Gasteiger partial charge is 0.341 e. The van der Waals surface area contributed by atoms with E-state index in [0.29, 0.717) is 55.0 Å². The van der Waals surface area contributed by atoms with Crippen LogP contribution < -0.4 is 10.3 Å². The molecule has 180 valence electrons. The number of piperazine rings is 1. The van der Waals surface area contributed by atoms with Crippen molar-refractivity contribution < 1.29 is 18.7 Å². The number of fused-ring (bicyclic) bond motifs is 2. The van der Waals surface area contributed by atoms with Crippen molar-refractivity contribution >= 4 is 33.6 Å². The predicted octanol–water partition coefficient (Wildman–Crippen LogP) is 3.51. The maximum absolute atomic E-state index is 15.2. The van der Waals surface area contributed by atoms with Gasteiger partial charge in [-0.3, -0.25) is 9.69 Å². The molecular weight excluding hydrogens is 456 g/mol. The van der Waals surface area contributed by atoms with E-state index < -0.39 is 17.2 Å². The van der Waals surface area contributed by atoms with Crippen LogP contribution >= 0.6 is 0 Å². The highest BCUT2D eigenvalue weighted by molar-refractivity contribution is 5.93. The van der Waals surface area contributed by atoms with Gasteiger partial charge in [0.2, 0.25) is 5.43 Å². The molecule has 10 heteroatoms. The lowest BCUT2D eigenvalue weighted by molar-refractivity contribution is 0.0695. The van der Waals surface area contributed by atoms with Gasteiger partial charge in [0, 0.05) is 43.8 Å². The molecule has 2 aliphatic rings. The van der Waals surface area contributed by atoms with Gasteiger partial charge in [-0.05, 0) is 43.2 Å². The molecule has 0 bridgehead atoms. The van der Waals surface area contributed by atoms with Crippen LogP contribution in [0.3, 0.4) is 0 Å². The van der Waals surface area contributed by atoms with Crippen LogP contribution in [-0.2, 0) is 6.54 Å². The van der Waals surface area contributed by atoms with Crippen LogP contribution in [0.25, 0.3) is 21.9 Å².